The van der Waals surface area contributed by atoms with Gasteiger partial charge in [0.15, 0.2) is 17.5 Å². The van der Waals surface area contributed by atoms with Crippen molar-refractivity contribution >= 4 is 41.3 Å². The van der Waals surface area contributed by atoms with Crippen molar-refractivity contribution < 1.29 is 23.9 Å². The molecular weight excluding hydrogens is 543 g/mol. The summed E-state index contributed by atoms with van der Waals surface area (Å²) in [6.07, 6.45) is 0.993. The Morgan fingerprint density at radius 1 is 1.15 bits per heavy atom. The van der Waals surface area contributed by atoms with Crippen molar-refractivity contribution in [2.45, 2.75) is 13.0 Å². The third-order valence-electron chi connectivity index (χ3n) is 5.08. The third kappa shape index (κ3) is 7.35. The van der Waals surface area contributed by atoms with Gasteiger partial charge in [-0.1, -0.05) is 12.1 Å². The molecule has 1 unspecified atom stereocenters. The third-order valence-corrected chi connectivity index (χ3v) is 5.08. The van der Waals surface area contributed by atoms with Gasteiger partial charge in [-0.25, -0.2) is 4.99 Å². The number of anilines is 1. The summed E-state index contributed by atoms with van der Waals surface area (Å²) < 4.78 is 21.7. The second-order valence-electron chi connectivity index (χ2n) is 7.24. The molecule has 0 saturated carbocycles. The van der Waals surface area contributed by atoms with E-state index in [-0.39, 0.29) is 29.7 Å². The van der Waals surface area contributed by atoms with Gasteiger partial charge in [0.2, 0.25) is 5.75 Å². The Morgan fingerprint density at radius 3 is 2.33 bits per heavy atom. The van der Waals surface area contributed by atoms with Gasteiger partial charge in [0.1, 0.15) is 0 Å². The average Bonchev–Trinajstić information content (AvgIpc) is 3.34. The van der Waals surface area contributed by atoms with Gasteiger partial charge in [-0.3, -0.25) is 10.1 Å². The molecule has 1 saturated heterocycles. The Hall–Kier alpha value is -2.80. The molecule has 2 aromatic carbocycles. The summed E-state index contributed by atoms with van der Waals surface area (Å²) in [6.45, 7) is 2.53. The Bertz CT molecular complexity index is 923. The molecule has 1 aliphatic rings. The van der Waals surface area contributed by atoms with Gasteiger partial charge in [-0.15, -0.1) is 24.0 Å². The SMILES string of the molecule is COc1cc(NC(=NCc2ccc([N+](=O)[O-])cc2)NCC2CCOC2)cc(OC)c1OC.I. The summed E-state index contributed by atoms with van der Waals surface area (Å²) in [7, 11) is 4.67. The van der Waals surface area contributed by atoms with Crippen molar-refractivity contribution in [3.05, 3.63) is 52.1 Å². The number of hydrogen-bond donors (Lipinski definition) is 2. The predicted octanol–water partition coefficient (Wildman–Crippen LogP) is 3.83. The Labute approximate surface area is 209 Å². The Balaban J connectivity index is 0.00000385. The van der Waals surface area contributed by atoms with E-state index in [2.05, 4.69) is 15.6 Å². The summed E-state index contributed by atoms with van der Waals surface area (Å²) in [5, 5.41) is 17.5. The first-order chi connectivity index (χ1) is 15.5. The van der Waals surface area contributed by atoms with Crippen LogP contribution in [0.5, 0.6) is 17.2 Å². The highest BCUT2D eigenvalue weighted by Gasteiger charge is 2.17. The number of methoxy groups -OCH3 is 3. The molecule has 2 aromatic rings. The number of aliphatic imine (C=N–C) groups is 1. The predicted molar refractivity (Wildman–Crippen MR) is 136 cm³/mol. The first-order valence-corrected chi connectivity index (χ1v) is 10.2. The van der Waals surface area contributed by atoms with Crippen molar-refractivity contribution in [1.82, 2.24) is 5.32 Å². The molecule has 0 aromatic heterocycles. The highest BCUT2D eigenvalue weighted by molar-refractivity contribution is 14.0. The van der Waals surface area contributed by atoms with Gasteiger partial charge >= 0.3 is 0 Å². The van der Waals surface area contributed by atoms with Crippen LogP contribution in [0.25, 0.3) is 0 Å². The van der Waals surface area contributed by atoms with Crippen molar-refractivity contribution in [2.75, 3.05) is 46.4 Å². The van der Waals surface area contributed by atoms with Crippen LogP contribution in [0.2, 0.25) is 0 Å². The molecule has 0 spiro atoms. The molecule has 1 heterocycles. The van der Waals surface area contributed by atoms with E-state index in [4.69, 9.17) is 18.9 Å². The lowest BCUT2D eigenvalue weighted by molar-refractivity contribution is -0.384. The maximum atomic E-state index is 10.9. The summed E-state index contributed by atoms with van der Waals surface area (Å²) in [5.41, 5.74) is 1.61. The van der Waals surface area contributed by atoms with Crippen LogP contribution >= 0.6 is 24.0 Å². The number of nitro groups is 1. The van der Waals surface area contributed by atoms with Crippen LogP contribution in [0.15, 0.2) is 41.4 Å². The fraction of sp³-hybridized carbons (Fsp3) is 0.409. The zero-order valence-corrected chi connectivity index (χ0v) is 21.2. The number of non-ortho nitro benzene ring substituents is 1. The number of nitrogens with one attached hydrogen (secondary N) is 2. The largest absolute Gasteiger partial charge is 0.493 e. The molecule has 0 bridgehead atoms. The Morgan fingerprint density at radius 2 is 1.82 bits per heavy atom. The summed E-state index contributed by atoms with van der Waals surface area (Å²) >= 11 is 0. The number of nitro benzene ring substituents is 1. The quantitative estimate of drug-likeness (QED) is 0.153. The van der Waals surface area contributed by atoms with Gasteiger partial charge in [0, 0.05) is 49.0 Å². The van der Waals surface area contributed by atoms with E-state index in [1.54, 1.807) is 45.6 Å². The molecule has 1 fully saturated rings. The molecule has 0 aliphatic carbocycles. The molecule has 10 nitrogen and oxygen atoms in total. The van der Waals surface area contributed by atoms with Gasteiger partial charge < -0.3 is 29.6 Å². The van der Waals surface area contributed by atoms with E-state index in [9.17, 15) is 10.1 Å². The number of benzene rings is 2. The molecule has 33 heavy (non-hydrogen) atoms. The molecule has 180 valence electrons. The number of rotatable bonds is 9. The zero-order valence-electron chi connectivity index (χ0n) is 18.8. The zero-order chi connectivity index (χ0) is 22.9. The van der Waals surface area contributed by atoms with E-state index < -0.39 is 4.92 Å². The van der Waals surface area contributed by atoms with Crippen molar-refractivity contribution in [2.24, 2.45) is 10.9 Å². The monoisotopic (exact) mass is 572 g/mol. The van der Waals surface area contributed by atoms with Crippen LogP contribution < -0.4 is 24.8 Å². The molecular formula is C22H29IN4O6. The number of halogens is 1. The minimum absolute atomic E-state index is 0. The number of hydrogen-bond acceptors (Lipinski definition) is 7. The van der Waals surface area contributed by atoms with Crippen LogP contribution in [-0.2, 0) is 11.3 Å². The topological polar surface area (TPSA) is 116 Å². The first-order valence-electron chi connectivity index (χ1n) is 10.2. The lowest BCUT2D eigenvalue weighted by atomic mass is 10.1. The van der Waals surface area contributed by atoms with E-state index in [0.29, 0.717) is 54.5 Å². The van der Waals surface area contributed by atoms with Crippen LogP contribution in [-0.4, -0.2) is 52.0 Å². The van der Waals surface area contributed by atoms with Crippen LogP contribution in [0.4, 0.5) is 11.4 Å². The smallest absolute Gasteiger partial charge is 0.269 e. The molecule has 1 aliphatic heterocycles. The van der Waals surface area contributed by atoms with Gasteiger partial charge in [0.05, 0.1) is 39.4 Å². The maximum Gasteiger partial charge on any atom is 0.269 e. The molecule has 11 heteroatoms. The van der Waals surface area contributed by atoms with E-state index in [1.165, 1.54) is 12.1 Å². The van der Waals surface area contributed by atoms with Gasteiger partial charge in [0.25, 0.3) is 5.69 Å². The molecule has 0 amide bonds. The summed E-state index contributed by atoms with van der Waals surface area (Å²) in [4.78, 5) is 15.1. The van der Waals surface area contributed by atoms with Crippen molar-refractivity contribution in [3.63, 3.8) is 0 Å². The van der Waals surface area contributed by atoms with Crippen LogP contribution in [0, 0.1) is 16.0 Å². The summed E-state index contributed by atoms with van der Waals surface area (Å²) in [6, 6.07) is 9.93. The lowest BCUT2D eigenvalue weighted by Crippen LogP contribution is -2.35. The number of nitrogens with zero attached hydrogens (tertiary/aromatic N) is 2. The fourth-order valence-corrected chi connectivity index (χ4v) is 3.31. The highest BCUT2D eigenvalue weighted by Crippen LogP contribution is 2.39. The second-order valence-corrected chi connectivity index (χ2v) is 7.24. The fourth-order valence-electron chi connectivity index (χ4n) is 3.31. The highest BCUT2D eigenvalue weighted by atomic mass is 127. The Kier molecular flexibility index (Phi) is 10.5. The normalized spacial score (nSPS) is 15.4. The van der Waals surface area contributed by atoms with Crippen LogP contribution in [0.1, 0.15) is 12.0 Å². The number of guanidine groups is 1. The molecule has 3 rings (SSSR count). The van der Waals surface area contributed by atoms with E-state index in [0.717, 1.165) is 18.6 Å². The van der Waals surface area contributed by atoms with E-state index >= 15 is 0 Å². The van der Waals surface area contributed by atoms with Crippen LogP contribution in [0.3, 0.4) is 0 Å². The molecule has 1 atom stereocenters. The minimum atomic E-state index is -0.421. The van der Waals surface area contributed by atoms with Gasteiger partial charge in [-0.2, -0.15) is 0 Å². The first kappa shape index (κ1) is 26.5. The maximum absolute atomic E-state index is 10.9. The van der Waals surface area contributed by atoms with Crippen molar-refractivity contribution in [1.29, 1.82) is 0 Å². The minimum Gasteiger partial charge on any atom is -0.493 e. The summed E-state index contributed by atoms with van der Waals surface area (Å²) in [5.74, 6) is 2.51. The van der Waals surface area contributed by atoms with Crippen molar-refractivity contribution in [3.8, 4) is 17.2 Å². The standard InChI is InChI=1S/C22H28N4O6.HI/c1-29-19-10-17(11-20(30-2)21(19)31-3)25-22(24-13-16-8-9-32-14-16)23-12-15-4-6-18(7-5-15)26(27)28;/h4-7,10-11,16H,8-9,12-14H2,1-3H3,(H2,23,24,25);1H. The average molecular weight is 572 g/mol. The van der Waals surface area contributed by atoms with Gasteiger partial charge in [-0.05, 0) is 12.0 Å². The number of ether oxygens (including phenoxy) is 4. The lowest BCUT2D eigenvalue weighted by Gasteiger charge is -2.18. The molecule has 0 radical (unpaired) electrons. The van der Waals surface area contributed by atoms with E-state index in [1.807, 2.05) is 0 Å². The molecule has 2 N–H and O–H groups in total. The second kappa shape index (κ2) is 13.0.